The van der Waals surface area contributed by atoms with Crippen molar-refractivity contribution in [1.29, 1.82) is 15.8 Å². The van der Waals surface area contributed by atoms with E-state index in [1.807, 2.05) is 6.07 Å². The van der Waals surface area contributed by atoms with Crippen molar-refractivity contribution in [2.75, 3.05) is 0 Å². The maximum Gasteiger partial charge on any atom is 1.00 e. The van der Waals surface area contributed by atoms with Gasteiger partial charge in [0.15, 0.2) is 0 Å². The predicted molar refractivity (Wildman–Crippen MR) is 115 cm³/mol. The first-order valence-electron chi connectivity index (χ1n) is 7.68. The molecule has 156 valence electrons. The van der Waals surface area contributed by atoms with Crippen LogP contribution in [0.25, 0.3) is 4.85 Å². The van der Waals surface area contributed by atoms with Gasteiger partial charge in [0.2, 0.25) is 0 Å². The second kappa shape index (κ2) is 20.0. The van der Waals surface area contributed by atoms with Crippen LogP contribution in [0, 0.1) is 45.8 Å². The number of alkyl halides is 1. The molecule has 10 nitrogen and oxygen atoms in total. The van der Waals surface area contributed by atoms with E-state index in [0.29, 0.717) is 16.2 Å². The van der Waals surface area contributed by atoms with Crippen LogP contribution in [0.1, 0.15) is 11.1 Å². The number of amidine groups is 1. The van der Waals surface area contributed by atoms with Crippen LogP contribution in [0.3, 0.4) is 0 Å². The fourth-order valence-corrected chi connectivity index (χ4v) is 1.66. The minimum atomic E-state index is -0.653. The summed E-state index contributed by atoms with van der Waals surface area (Å²) in [5, 5.41) is 39.9. The van der Waals surface area contributed by atoms with Crippen molar-refractivity contribution in [2.45, 2.75) is 12.5 Å². The van der Waals surface area contributed by atoms with E-state index in [4.69, 9.17) is 62.0 Å². The van der Waals surface area contributed by atoms with Crippen LogP contribution in [0.2, 0.25) is 10.3 Å². The molecule has 2 aromatic rings. The largest absolute Gasteiger partial charge is 1.00 e. The van der Waals surface area contributed by atoms with E-state index in [9.17, 15) is 5.21 Å². The molecule has 0 aliphatic carbocycles. The molecule has 0 saturated heterocycles. The molecule has 2 heterocycles. The molecule has 0 saturated carbocycles. The smallest absolute Gasteiger partial charge is 0.691 e. The fourth-order valence-electron chi connectivity index (χ4n) is 1.28. The van der Waals surface area contributed by atoms with Crippen LogP contribution in [-0.4, -0.2) is 21.5 Å². The van der Waals surface area contributed by atoms with Gasteiger partial charge in [0.25, 0.3) is 5.71 Å². The predicted octanol–water partition coefficient (Wildman–Crippen LogP) is 1.46. The molecule has 0 radical (unpaired) electrons. The molecule has 0 N–H and O–H groups in total. The summed E-state index contributed by atoms with van der Waals surface area (Å²) in [6.45, 7) is 6.17. The summed E-state index contributed by atoms with van der Waals surface area (Å²) in [6, 6.07) is 11.3. The SMILES string of the molecule is ClCc1ccc(Cl)nc1.N#CC(C#N)=NOCc1ccc(Cl)nc1.[C-]#[N+]/C(C#N)=N/[O-].[Na+]. The monoisotopic (exact) mass is 498 g/mol. The van der Waals surface area contributed by atoms with E-state index >= 15 is 0 Å². The van der Waals surface area contributed by atoms with Crippen LogP contribution in [-0.2, 0) is 17.3 Å². The Morgan fingerprint density at radius 3 is 1.88 bits per heavy atom. The third-order valence-corrected chi connectivity index (χ3v) is 3.38. The Balaban J connectivity index is 0. The number of hydrogen-bond acceptors (Lipinski definition) is 9. The zero-order valence-electron chi connectivity index (χ0n) is 16.4. The van der Waals surface area contributed by atoms with E-state index in [-0.39, 0.29) is 41.9 Å². The van der Waals surface area contributed by atoms with Crippen molar-refractivity contribution in [3.05, 3.63) is 74.7 Å². The van der Waals surface area contributed by atoms with Gasteiger partial charge in [0.1, 0.15) is 35.1 Å². The second-order valence-electron chi connectivity index (χ2n) is 4.69. The zero-order chi connectivity index (χ0) is 23.5. The van der Waals surface area contributed by atoms with E-state index in [1.54, 1.807) is 36.5 Å². The molecular formula is C18H10Cl3N8NaO2. The van der Waals surface area contributed by atoms with Gasteiger partial charge < -0.3 is 14.9 Å². The van der Waals surface area contributed by atoms with Gasteiger partial charge in [-0.2, -0.15) is 10.5 Å². The first-order valence-corrected chi connectivity index (χ1v) is 8.97. The normalized spacial score (nSPS) is 8.66. The number of pyridine rings is 2. The molecule has 32 heavy (non-hydrogen) atoms. The Labute approximate surface area is 221 Å². The molecule has 0 bridgehead atoms. The van der Waals surface area contributed by atoms with Crippen molar-refractivity contribution < 1.29 is 34.4 Å². The summed E-state index contributed by atoms with van der Waals surface area (Å²) >= 11 is 16.6. The minimum absolute atomic E-state index is 0. The van der Waals surface area contributed by atoms with Gasteiger partial charge in [-0.15, -0.1) is 16.8 Å². The summed E-state index contributed by atoms with van der Waals surface area (Å²) in [7, 11) is 0. The molecule has 0 amide bonds. The van der Waals surface area contributed by atoms with Crippen molar-refractivity contribution in [3.63, 3.8) is 0 Å². The first-order chi connectivity index (χ1) is 14.9. The van der Waals surface area contributed by atoms with Crippen molar-refractivity contribution in [3.8, 4) is 18.2 Å². The van der Waals surface area contributed by atoms with Gasteiger partial charge in [0, 0.05) is 23.8 Å². The Morgan fingerprint density at radius 2 is 1.56 bits per heavy atom. The molecule has 0 unspecified atom stereocenters. The van der Waals surface area contributed by atoms with Gasteiger partial charge in [0.05, 0.1) is 0 Å². The van der Waals surface area contributed by atoms with E-state index in [0.717, 1.165) is 11.1 Å². The standard InChI is InChI=1S/C9H5ClN4O.C6H5Cl2N.C3HN3O.Na/c10-9-2-1-7(5-13-9)6-15-14-8(3-11)4-12;7-3-5-1-2-6(8)9-4-5;1-5-3(2-4)6-7;/h1-2,5H,6H2;1-2,4H,3H2;7H;/q;;;+1/p-1/b;;6-3+;. The van der Waals surface area contributed by atoms with Crippen LogP contribution in [0.4, 0.5) is 0 Å². The summed E-state index contributed by atoms with van der Waals surface area (Å²) in [6.07, 6.45) is 3.19. The van der Waals surface area contributed by atoms with Gasteiger partial charge in [-0.05, 0) is 17.7 Å². The number of nitrogens with zero attached hydrogens (tertiary/aromatic N) is 8. The number of hydrogen-bond donors (Lipinski definition) is 0. The molecule has 0 fully saturated rings. The molecule has 0 aliphatic rings. The Morgan fingerprint density at radius 1 is 1.03 bits per heavy atom. The minimum Gasteiger partial charge on any atom is -0.691 e. The third kappa shape index (κ3) is 15.0. The van der Waals surface area contributed by atoms with Gasteiger partial charge in [-0.3, -0.25) is 0 Å². The third-order valence-electron chi connectivity index (χ3n) is 2.62. The average molecular weight is 500 g/mol. The average Bonchev–Trinajstić information content (AvgIpc) is 2.80. The quantitative estimate of drug-likeness (QED) is 0.117. The van der Waals surface area contributed by atoms with Crippen LogP contribution >= 0.6 is 34.8 Å². The molecule has 14 heteroatoms. The van der Waals surface area contributed by atoms with Gasteiger partial charge in [-0.25, -0.2) is 15.2 Å². The number of halogens is 3. The number of rotatable bonds is 4. The molecular weight excluding hydrogens is 490 g/mol. The Hall–Kier alpha value is -2.93. The summed E-state index contributed by atoms with van der Waals surface area (Å²) in [4.78, 5) is 14.9. The van der Waals surface area contributed by atoms with Gasteiger partial charge in [-0.1, -0.05) is 47.1 Å². The van der Waals surface area contributed by atoms with Crippen LogP contribution < -0.4 is 29.6 Å². The molecule has 2 rings (SSSR count). The maximum absolute atomic E-state index is 9.24. The molecule has 0 aliphatic heterocycles. The molecule has 0 aromatic carbocycles. The van der Waals surface area contributed by atoms with Crippen molar-refractivity contribution in [2.24, 2.45) is 10.3 Å². The van der Waals surface area contributed by atoms with Crippen LogP contribution in [0.15, 0.2) is 47.0 Å². The first kappa shape index (κ1) is 31.3. The van der Waals surface area contributed by atoms with Crippen molar-refractivity contribution >= 4 is 46.4 Å². The van der Waals surface area contributed by atoms with Crippen LogP contribution in [0.5, 0.6) is 0 Å². The number of oxime groups is 1. The Bertz CT molecular complexity index is 1020. The summed E-state index contributed by atoms with van der Waals surface area (Å²) in [5.74, 6) is -0.163. The second-order valence-corrected chi connectivity index (χ2v) is 5.73. The van der Waals surface area contributed by atoms with Gasteiger partial charge >= 0.3 is 35.4 Å². The van der Waals surface area contributed by atoms with Crippen molar-refractivity contribution in [1.82, 2.24) is 9.97 Å². The van der Waals surface area contributed by atoms with E-state index in [2.05, 4.69) is 25.1 Å². The number of aromatic nitrogens is 2. The summed E-state index contributed by atoms with van der Waals surface area (Å²) < 4.78 is 0. The maximum atomic E-state index is 9.24. The number of nitriles is 3. The topological polar surface area (TPSA) is 159 Å². The molecule has 0 spiro atoms. The fraction of sp³-hybridized carbons (Fsp3) is 0.111. The zero-order valence-corrected chi connectivity index (χ0v) is 20.7. The molecule has 0 atom stereocenters. The van der Waals surface area contributed by atoms with E-state index in [1.165, 1.54) is 12.3 Å². The molecule has 2 aromatic heterocycles. The summed E-state index contributed by atoms with van der Waals surface area (Å²) in [5.41, 5.74) is 1.41. The Kier molecular flexibility index (Phi) is 19.5. The van der Waals surface area contributed by atoms with E-state index < -0.39 is 5.84 Å².